The highest BCUT2D eigenvalue weighted by Crippen LogP contribution is 2.16. The van der Waals surface area contributed by atoms with Crippen molar-refractivity contribution in [2.24, 2.45) is 0 Å². The molecule has 0 radical (unpaired) electrons. The molecule has 18 heavy (non-hydrogen) atoms. The van der Waals surface area contributed by atoms with E-state index in [2.05, 4.69) is 18.9 Å². The first-order valence-electron chi connectivity index (χ1n) is 5.64. The standard InChI is InChI=1S/C13H14N2O3/c1-8(2)9-3-5-10(6-4-9)15-7-11(13(17)18)12(16)14-15/h3-8H,1-2H3,(H,14,16)(H,17,18). The highest BCUT2D eigenvalue weighted by Gasteiger charge is 2.12. The summed E-state index contributed by atoms with van der Waals surface area (Å²) in [6.45, 7) is 4.18. The summed E-state index contributed by atoms with van der Waals surface area (Å²) in [5.41, 5.74) is 1.05. The fourth-order valence-corrected chi connectivity index (χ4v) is 1.70. The van der Waals surface area contributed by atoms with Gasteiger partial charge in [-0.25, -0.2) is 4.79 Å². The molecule has 5 nitrogen and oxygen atoms in total. The van der Waals surface area contributed by atoms with Gasteiger partial charge in [-0.15, -0.1) is 0 Å². The lowest BCUT2D eigenvalue weighted by Crippen LogP contribution is -2.11. The van der Waals surface area contributed by atoms with Crippen molar-refractivity contribution in [2.75, 3.05) is 0 Å². The van der Waals surface area contributed by atoms with Crippen molar-refractivity contribution in [3.8, 4) is 5.69 Å². The molecular formula is C13H14N2O3. The van der Waals surface area contributed by atoms with Crippen LogP contribution in [0, 0.1) is 0 Å². The number of nitrogens with zero attached hydrogens (tertiary/aromatic N) is 1. The number of aromatic amines is 1. The Labute approximate surface area is 104 Å². The van der Waals surface area contributed by atoms with Crippen LogP contribution in [-0.4, -0.2) is 20.9 Å². The van der Waals surface area contributed by atoms with Gasteiger partial charge in [-0.05, 0) is 23.6 Å². The highest BCUT2D eigenvalue weighted by atomic mass is 16.4. The molecule has 5 heteroatoms. The van der Waals surface area contributed by atoms with Gasteiger partial charge in [0.1, 0.15) is 5.56 Å². The van der Waals surface area contributed by atoms with Gasteiger partial charge in [-0.3, -0.25) is 14.6 Å². The minimum absolute atomic E-state index is 0.261. The van der Waals surface area contributed by atoms with E-state index in [1.807, 2.05) is 24.3 Å². The summed E-state index contributed by atoms with van der Waals surface area (Å²) in [6.07, 6.45) is 1.29. The summed E-state index contributed by atoms with van der Waals surface area (Å²) in [7, 11) is 0. The van der Waals surface area contributed by atoms with Crippen LogP contribution in [0.4, 0.5) is 0 Å². The van der Waals surface area contributed by atoms with Crippen LogP contribution in [0.1, 0.15) is 35.7 Å². The summed E-state index contributed by atoms with van der Waals surface area (Å²) >= 11 is 0. The highest BCUT2D eigenvalue weighted by molar-refractivity contribution is 5.86. The first-order chi connectivity index (χ1) is 8.49. The molecule has 0 unspecified atom stereocenters. The van der Waals surface area contributed by atoms with Crippen LogP contribution in [-0.2, 0) is 0 Å². The van der Waals surface area contributed by atoms with E-state index in [9.17, 15) is 9.59 Å². The zero-order valence-electron chi connectivity index (χ0n) is 10.2. The minimum atomic E-state index is -1.23. The van der Waals surface area contributed by atoms with Crippen LogP contribution in [0.25, 0.3) is 5.69 Å². The van der Waals surface area contributed by atoms with Gasteiger partial charge in [0.25, 0.3) is 5.56 Å². The molecular weight excluding hydrogens is 232 g/mol. The van der Waals surface area contributed by atoms with Crippen molar-refractivity contribution in [2.45, 2.75) is 19.8 Å². The van der Waals surface area contributed by atoms with Gasteiger partial charge in [0.2, 0.25) is 0 Å². The maximum atomic E-state index is 11.4. The van der Waals surface area contributed by atoms with Gasteiger partial charge in [0, 0.05) is 6.20 Å². The Morgan fingerprint density at radius 3 is 2.33 bits per heavy atom. The molecule has 0 aliphatic heterocycles. The van der Waals surface area contributed by atoms with Gasteiger partial charge in [0.15, 0.2) is 0 Å². The molecule has 0 fully saturated rings. The number of carboxylic acids is 1. The zero-order chi connectivity index (χ0) is 13.3. The number of hydrogen-bond donors (Lipinski definition) is 2. The number of carbonyl (C=O) groups is 1. The van der Waals surface area contributed by atoms with E-state index in [0.29, 0.717) is 5.92 Å². The van der Waals surface area contributed by atoms with Crippen LogP contribution >= 0.6 is 0 Å². The molecule has 1 aromatic carbocycles. The van der Waals surface area contributed by atoms with Gasteiger partial charge >= 0.3 is 5.97 Å². The normalized spacial score (nSPS) is 10.8. The van der Waals surface area contributed by atoms with E-state index in [1.54, 1.807) is 0 Å². The van der Waals surface area contributed by atoms with E-state index < -0.39 is 11.5 Å². The molecule has 2 rings (SSSR count). The average molecular weight is 246 g/mol. The Bertz CT molecular complexity index is 620. The van der Waals surface area contributed by atoms with Crippen molar-refractivity contribution in [3.63, 3.8) is 0 Å². The fraction of sp³-hybridized carbons (Fsp3) is 0.231. The number of aromatic nitrogens is 2. The maximum Gasteiger partial charge on any atom is 0.342 e. The second-order valence-corrected chi connectivity index (χ2v) is 4.41. The predicted octanol–water partition coefficient (Wildman–Crippen LogP) is 1.99. The Hall–Kier alpha value is -2.30. The topological polar surface area (TPSA) is 75.1 Å². The van der Waals surface area contributed by atoms with Gasteiger partial charge in [0.05, 0.1) is 5.69 Å². The van der Waals surface area contributed by atoms with Crippen LogP contribution in [0.3, 0.4) is 0 Å². The second kappa shape index (κ2) is 4.52. The third-order valence-electron chi connectivity index (χ3n) is 2.79. The maximum absolute atomic E-state index is 11.4. The second-order valence-electron chi connectivity index (χ2n) is 4.41. The molecule has 2 aromatic rings. The van der Waals surface area contributed by atoms with E-state index in [-0.39, 0.29) is 5.56 Å². The summed E-state index contributed by atoms with van der Waals surface area (Å²) < 4.78 is 1.41. The van der Waals surface area contributed by atoms with E-state index in [4.69, 9.17) is 5.11 Å². The number of rotatable bonds is 3. The number of benzene rings is 1. The third kappa shape index (κ3) is 2.20. The number of carboxylic acid groups (broad SMARTS) is 1. The molecule has 0 atom stereocenters. The molecule has 2 N–H and O–H groups in total. The first kappa shape index (κ1) is 12.2. The van der Waals surface area contributed by atoms with E-state index >= 15 is 0 Å². The molecule has 0 amide bonds. The Morgan fingerprint density at radius 2 is 1.89 bits per heavy atom. The molecule has 0 spiro atoms. The molecule has 0 aliphatic carbocycles. The van der Waals surface area contributed by atoms with E-state index in [0.717, 1.165) is 5.69 Å². The lowest BCUT2D eigenvalue weighted by molar-refractivity contribution is 0.0695. The Kier molecular flexibility index (Phi) is 3.06. The first-order valence-corrected chi connectivity index (χ1v) is 5.64. The number of H-pyrrole nitrogens is 1. The molecule has 0 saturated carbocycles. The molecule has 1 aromatic heterocycles. The van der Waals surface area contributed by atoms with Crippen molar-refractivity contribution >= 4 is 5.97 Å². The third-order valence-corrected chi connectivity index (χ3v) is 2.79. The lowest BCUT2D eigenvalue weighted by atomic mass is 10.0. The van der Waals surface area contributed by atoms with Gasteiger partial charge < -0.3 is 5.11 Å². The Balaban J connectivity index is 2.40. The summed E-state index contributed by atoms with van der Waals surface area (Å²) in [5, 5.41) is 11.3. The average Bonchev–Trinajstić information content (AvgIpc) is 2.71. The van der Waals surface area contributed by atoms with Crippen molar-refractivity contribution in [3.05, 3.63) is 51.9 Å². The van der Waals surface area contributed by atoms with Gasteiger partial charge in [-0.1, -0.05) is 26.0 Å². The fourth-order valence-electron chi connectivity index (χ4n) is 1.70. The largest absolute Gasteiger partial charge is 0.477 e. The SMILES string of the molecule is CC(C)c1ccc(-n2cc(C(=O)O)c(=O)[nH]2)cc1. The molecule has 0 bridgehead atoms. The molecule has 0 aliphatic rings. The zero-order valence-corrected chi connectivity index (χ0v) is 10.2. The van der Waals surface area contributed by atoms with E-state index in [1.165, 1.54) is 16.4 Å². The molecule has 1 heterocycles. The van der Waals surface area contributed by atoms with Crippen LogP contribution in [0.2, 0.25) is 0 Å². The minimum Gasteiger partial charge on any atom is -0.477 e. The summed E-state index contributed by atoms with van der Waals surface area (Å²) in [6, 6.07) is 7.60. The number of aromatic carboxylic acids is 1. The van der Waals surface area contributed by atoms with Crippen LogP contribution in [0.5, 0.6) is 0 Å². The van der Waals surface area contributed by atoms with Crippen molar-refractivity contribution < 1.29 is 9.90 Å². The number of hydrogen-bond acceptors (Lipinski definition) is 2. The predicted molar refractivity (Wildman–Crippen MR) is 67.4 cm³/mol. The monoisotopic (exact) mass is 246 g/mol. The van der Waals surface area contributed by atoms with Crippen LogP contribution < -0.4 is 5.56 Å². The Morgan fingerprint density at radius 1 is 1.28 bits per heavy atom. The lowest BCUT2D eigenvalue weighted by Gasteiger charge is -2.07. The van der Waals surface area contributed by atoms with Crippen molar-refractivity contribution in [1.82, 2.24) is 9.78 Å². The quantitative estimate of drug-likeness (QED) is 0.869. The molecule has 94 valence electrons. The molecule has 0 saturated heterocycles. The van der Waals surface area contributed by atoms with Crippen LogP contribution in [0.15, 0.2) is 35.3 Å². The van der Waals surface area contributed by atoms with Gasteiger partial charge in [-0.2, -0.15) is 0 Å². The van der Waals surface area contributed by atoms with Crippen molar-refractivity contribution in [1.29, 1.82) is 0 Å². The number of nitrogens with one attached hydrogen (secondary N) is 1. The summed E-state index contributed by atoms with van der Waals surface area (Å²) in [5.74, 6) is -0.800. The smallest absolute Gasteiger partial charge is 0.342 e. The summed E-state index contributed by atoms with van der Waals surface area (Å²) in [4.78, 5) is 22.1.